The molecule has 31 heavy (non-hydrogen) atoms. The van der Waals surface area contributed by atoms with Crippen molar-refractivity contribution in [1.29, 1.82) is 0 Å². The molecular formula is C18H22N4O7S2. The predicted molar refractivity (Wildman–Crippen MR) is 113 cm³/mol. The number of sulfonamides is 1. The van der Waals surface area contributed by atoms with Crippen molar-refractivity contribution >= 4 is 49.1 Å². The quantitative estimate of drug-likeness (QED) is 0.352. The van der Waals surface area contributed by atoms with E-state index in [1.807, 2.05) is 0 Å². The topological polar surface area (TPSA) is 141 Å². The number of esters is 1. The maximum atomic E-state index is 12.8. The van der Waals surface area contributed by atoms with Gasteiger partial charge in [0, 0.05) is 31.1 Å². The Bertz CT molecular complexity index is 1190. The Labute approximate surface area is 182 Å². The van der Waals surface area contributed by atoms with Crippen LogP contribution >= 0.6 is 11.3 Å². The molecule has 3 rings (SSSR count). The second-order valence-electron chi connectivity index (χ2n) is 7.07. The van der Waals surface area contributed by atoms with Crippen LogP contribution in [0.3, 0.4) is 0 Å². The maximum absolute atomic E-state index is 12.8. The Kier molecular flexibility index (Phi) is 6.86. The Morgan fingerprint density at radius 2 is 2.00 bits per heavy atom. The number of aromatic nitrogens is 1. The van der Waals surface area contributed by atoms with Gasteiger partial charge in [-0.2, -0.15) is 4.99 Å². The van der Waals surface area contributed by atoms with Crippen LogP contribution in [0.1, 0.15) is 19.8 Å². The molecule has 0 spiro atoms. The second kappa shape index (κ2) is 9.24. The molecule has 2 aromatic rings. The van der Waals surface area contributed by atoms with Gasteiger partial charge in [0.25, 0.3) is 11.6 Å². The first-order chi connectivity index (χ1) is 14.6. The standard InChI is InChI=1S/C18H22N4O7S2/c1-3-29-16(23)11-21-14-5-4-13(22(25)26)10-15(14)30-18(21)19-17(24)12-6-8-20(9-7-12)31(2,27)28/h4-5,10,12H,3,6-9,11H2,1-2H3. The Morgan fingerprint density at radius 3 is 2.58 bits per heavy atom. The van der Waals surface area contributed by atoms with E-state index in [9.17, 15) is 28.1 Å². The van der Waals surface area contributed by atoms with E-state index >= 15 is 0 Å². The van der Waals surface area contributed by atoms with Gasteiger partial charge in [-0.1, -0.05) is 11.3 Å². The minimum absolute atomic E-state index is 0.108. The molecule has 1 amide bonds. The number of ether oxygens (including phenoxy) is 1. The zero-order valence-corrected chi connectivity index (χ0v) is 18.6. The predicted octanol–water partition coefficient (Wildman–Crippen LogP) is 1.27. The number of hydrogen-bond donors (Lipinski definition) is 0. The van der Waals surface area contributed by atoms with Gasteiger partial charge >= 0.3 is 5.97 Å². The van der Waals surface area contributed by atoms with Crippen LogP contribution in [0.15, 0.2) is 23.2 Å². The zero-order valence-electron chi connectivity index (χ0n) is 17.0. The van der Waals surface area contributed by atoms with Crippen molar-refractivity contribution in [2.45, 2.75) is 26.3 Å². The maximum Gasteiger partial charge on any atom is 0.326 e. The summed E-state index contributed by atoms with van der Waals surface area (Å²) >= 11 is 1.07. The van der Waals surface area contributed by atoms with E-state index in [0.717, 1.165) is 17.6 Å². The van der Waals surface area contributed by atoms with Gasteiger partial charge in [0.1, 0.15) is 6.54 Å². The third-order valence-electron chi connectivity index (χ3n) is 4.95. The molecule has 0 bridgehead atoms. The number of hydrogen-bond acceptors (Lipinski definition) is 8. The van der Waals surface area contributed by atoms with Gasteiger partial charge in [-0.05, 0) is 25.8 Å². The number of piperidine rings is 1. The highest BCUT2D eigenvalue weighted by Gasteiger charge is 2.29. The molecule has 0 unspecified atom stereocenters. The van der Waals surface area contributed by atoms with Gasteiger partial charge in [-0.25, -0.2) is 12.7 Å². The Hall–Kier alpha value is -2.64. The molecule has 2 heterocycles. The average Bonchev–Trinajstić information content (AvgIpc) is 3.03. The van der Waals surface area contributed by atoms with Crippen molar-refractivity contribution in [3.63, 3.8) is 0 Å². The molecule has 168 valence electrons. The Morgan fingerprint density at radius 1 is 1.32 bits per heavy atom. The van der Waals surface area contributed by atoms with Crippen molar-refractivity contribution < 1.29 is 27.7 Å². The molecule has 1 aromatic carbocycles. The number of non-ortho nitro benzene ring substituents is 1. The number of rotatable bonds is 6. The van der Waals surface area contributed by atoms with Gasteiger partial charge in [0.2, 0.25) is 10.0 Å². The van der Waals surface area contributed by atoms with Gasteiger partial charge in [-0.3, -0.25) is 19.7 Å². The third-order valence-corrected chi connectivity index (χ3v) is 7.29. The van der Waals surface area contributed by atoms with Crippen molar-refractivity contribution in [3.05, 3.63) is 33.1 Å². The average molecular weight is 471 g/mol. The zero-order chi connectivity index (χ0) is 22.8. The molecule has 13 heteroatoms. The normalized spacial score (nSPS) is 16.5. The van der Waals surface area contributed by atoms with E-state index in [4.69, 9.17) is 4.74 Å². The number of thiazole rings is 1. The van der Waals surface area contributed by atoms with E-state index < -0.39 is 32.7 Å². The smallest absolute Gasteiger partial charge is 0.326 e. The van der Waals surface area contributed by atoms with Crippen LogP contribution in [0.25, 0.3) is 10.2 Å². The summed E-state index contributed by atoms with van der Waals surface area (Å²) in [7, 11) is -3.31. The van der Waals surface area contributed by atoms with Crippen LogP contribution < -0.4 is 4.80 Å². The van der Waals surface area contributed by atoms with E-state index in [1.165, 1.54) is 27.1 Å². The van der Waals surface area contributed by atoms with Crippen molar-refractivity contribution in [2.75, 3.05) is 26.0 Å². The minimum atomic E-state index is -3.31. The van der Waals surface area contributed by atoms with E-state index in [-0.39, 0.29) is 36.7 Å². The summed E-state index contributed by atoms with van der Waals surface area (Å²) < 4.78 is 31.6. The third kappa shape index (κ3) is 5.35. The van der Waals surface area contributed by atoms with Crippen molar-refractivity contribution in [2.24, 2.45) is 10.9 Å². The molecule has 0 radical (unpaired) electrons. The van der Waals surface area contributed by atoms with E-state index in [0.29, 0.717) is 23.1 Å². The van der Waals surface area contributed by atoms with Crippen LogP contribution in [-0.4, -0.2) is 60.0 Å². The fraction of sp³-hybridized carbons (Fsp3) is 0.500. The van der Waals surface area contributed by atoms with Crippen LogP contribution in [0, 0.1) is 16.0 Å². The summed E-state index contributed by atoms with van der Waals surface area (Å²) in [6.45, 7) is 2.16. The Balaban J connectivity index is 1.95. The monoisotopic (exact) mass is 470 g/mol. The molecule has 1 aliphatic rings. The fourth-order valence-corrected chi connectivity index (χ4v) is 5.31. The number of carbonyl (C=O) groups excluding carboxylic acids is 2. The molecule has 1 aromatic heterocycles. The number of nitrogens with zero attached hydrogens (tertiary/aromatic N) is 4. The summed E-state index contributed by atoms with van der Waals surface area (Å²) in [5.74, 6) is -1.36. The highest BCUT2D eigenvalue weighted by Crippen LogP contribution is 2.24. The molecule has 0 saturated carbocycles. The summed E-state index contributed by atoms with van der Waals surface area (Å²) in [5, 5.41) is 11.1. The lowest BCUT2D eigenvalue weighted by molar-refractivity contribution is -0.384. The SMILES string of the molecule is CCOC(=O)Cn1c(=NC(=O)C2CCN(S(C)(=O)=O)CC2)sc2cc([N+](=O)[O-])ccc21. The lowest BCUT2D eigenvalue weighted by Gasteiger charge is -2.28. The molecule has 0 atom stereocenters. The fourth-order valence-electron chi connectivity index (χ4n) is 3.37. The largest absolute Gasteiger partial charge is 0.465 e. The van der Waals surface area contributed by atoms with Gasteiger partial charge in [-0.15, -0.1) is 0 Å². The van der Waals surface area contributed by atoms with Crippen LogP contribution in [0.4, 0.5) is 5.69 Å². The first-order valence-corrected chi connectivity index (χ1v) is 12.2. The van der Waals surface area contributed by atoms with Gasteiger partial charge in [0.15, 0.2) is 4.80 Å². The van der Waals surface area contributed by atoms with Crippen LogP contribution in [0.5, 0.6) is 0 Å². The number of carbonyl (C=O) groups is 2. The number of benzene rings is 1. The molecule has 1 saturated heterocycles. The molecular weight excluding hydrogens is 448 g/mol. The minimum Gasteiger partial charge on any atom is -0.465 e. The first kappa shape index (κ1) is 23.0. The molecule has 11 nitrogen and oxygen atoms in total. The summed E-state index contributed by atoms with van der Waals surface area (Å²) in [4.78, 5) is 39.8. The lowest BCUT2D eigenvalue weighted by Crippen LogP contribution is -2.39. The number of nitro benzene ring substituents is 1. The first-order valence-electron chi connectivity index (χ1n) is 9.57. The summed E-state index contributed by atoms with van der Waals surface area (Å²) in [5.41, 5.74) is 0.421. The van der Waals surface area contributed by atoms with Crippen LogP contribution in [-0.2, 0) is 30.9 Å². The molecule has 0 N–H and O–H groups in total. The molecule has 1 fully saturated rings. The van der Waals surface area contributed by atoms with Gasteiger partial charge < -0.3 is 9.30 Å². The van der Waals surface area contributed by atoms with Crippen LogP contribution in [0.2, 0.25) is 0 Å². The highest BCUT2D eigenvalue weighted by atomic mass is 32.2. The second-order valence-corrected chi connectivity index (χ2v) is 10.1. The van der Waals surface area contributed by atoms with Gasteiger partial charge in [0.05, 0.1) is 28.0 Å². The highest BCUT2D eigenvalue weighted by molar-refractivity contribution is 7.88. The number of amides is 1. The summed E-state index contributed by atoms with van der Waals surface area (Å²) in [6.07, 6.45) is 1.83. The number of nitro groups is 1. The van der Waals surface area contributed by atoms with Crippen molar-refractivity contribution in [1.82, 2.24) is 8.87 Å². The van der Waals surface area contributed by atoms with E-state index in [2.05, 4.69) is 4.99 Å². The van der Waals surface area contributed by atoms with E-state index in [1.54, 1.807) is 6.92 Å². The number of fused-ring (bicyclic) bond motifs is 1. The molecule has 0 aliphatic carbocycles. The molecule has 1 aliphatic heterocycles. The lowest BCUT2D eigenvalue weighted by atomic mass is 9.98. The summed E-state index contributed by atoms with van der Waals surface area (Å²) in [6, 6.07) is 4.20. The van der Waals surface area contributed by atoms with Crippen molar-refractivity contribution in [3.8, 4) is 0 Å².